The lowest BCUT2D eigenvalue weighted by Gasteiger charge is -2.26. The van der Waals surface area contributed by atoms with Gasteiger partial charge in [-0.2, -0.15) is 0 Å². The van der Waals surface area contributed by atoms with Gasteiger partial charge in [-0.3, -0.25) is 0 Å². The van der Waals surface area contributed by atoms with Gasteiger partial charge in [-0.1, -0.05) is 40.6 Å². The molecule has 2 nitrogen and oxygen atoms in total. The van der Waals surface area contributed by atoms with E-state index in [0.717, 1.165) is 10.6 Å². The molecule has 0 saturated carbocycles. The molecule has 0 N–H and O–H groups in total. The molecule has 0 unspecified atom stereocenters. The van der Waals surface area contributed by atoms with Crippen molar-refractivity contribution in [2.24, 2.45) is 0 Å². The van der Waals surface area contributed by atoms with E-state index < -0.39 is 5.69 Å². The van der Waals surface area contributed by atoms with Crippen molar-refractivity contribution >= 4 is 63.8 Å². The van der Waals surface area contributed by atoms with Crippen molar-refractivity contribution in [1.82, 2.24) is 0 Å². The van der Waals surface area contributed by atoms with Crippen LogP contribution in [0.1, 0.15) is 19.4 Å². The molecule has 0 saturated heterocycles. The van der Waals surface area contributed by atoms with Crippen LogP contribution in [0.5, 0.6) is 0 Å². The summed E-state index contributed by atoms with van der Waals surface area (Å²) in [6, 6.07) is 5.72. The van der Waals surface area contributed by atoms with E-state index in [-0.39, 0.29) is 4.75 Å². The maximum Gasteiger partial charge on any atom is 0.247 e. The first kappa shape index (κ1) is 19.1. The predicted molar refractivity (Wildman–Crippen MR) is 97.8 cm³/mol. The quantitative estimate of drug-likeness (QED) is 0.408. The molecule has 0 bridgehead atoms. The van der Waals surface area contributed by atoms with Crippen LogP contribution in [-0.2, 0) is 25.6 Å². The van der Waals surface area contributed by atoms with Crippen molar-refractivity contribution < 1.29 is 9.05 Å². The van der Waals surface area contributed by atoms with Crippen molar-refractivity contribution in [2.75, 3.05) is 19.3 Å². The average molecular weight is 391 g/mol. The molecule has 8 heteroatoms. The van der Waals surface area contributed by atoms with Crippen LogP contribution in [0.2, 0.25) is 10.0 Å². The Labute approximate surface area is 144 Å². The summed E-state index contributed by atoms with van der Waals surface area (Å²) < 4.78 is 10.4. The summed E-state index contributed by atoms with van der Waals surface area (Å²) in [7, 11) is 3.18. The second-order valence-electron chi connectivity index (χ2n) is 4.34. The molecule has 1 aromatic carbocycles. The molecule has 0 aromatic heterocycles. The Kier molecular flexibility index (Phi) is 7.72. The highest BCUT2D eigenvalue weighted by Crippen LogP contribution is 2.61. The minimum atomic E-state index is -2.19. The molecule has 0 radical (unpaired) electrons. The zero-order chi connectivity index (χ0) is 15.4. The monoisotopic (exact) mass is 390 g/mol. The standard InChI is InChI=1S/C12H17Cl2O2PS3/c1-12(2,9-5-6-10(13)11(14)7-9)19-8-20-17(18,15-3)16-4/h5-7H,8H2,1-4H3. The maximum absolute atomic E-state index is 6.07. The predicted octanol–water partition coefficient (Wildman–Crippen LogP) is 6.17. The van der Waals surface area contributed by atoms with E-state index in [1.807, 2.05) is 18.2 Å². The number of hydrogen-bond donors (Lipinski definition) is 0. The van der Waals surface area contributed by atoms with Crippen LogP contribution in [-0.4, -0.2) is 19.3 Å². The molecule has 0 aliphatic carbocycles. The van der Waals surface area contributed by atoms with Crippen molar-refractivity contribution in [3.63, 3.8) is 0 Å². The Hall–Kier alpha value is 1.07. The van der Waals surface area contributed by atoms with Gasteiger partial charge >= 0.3 is 0 Å². The molecule has 0 aliphatic heterocycles. The number of halogens is 2. The number of thioether (sulfide) groups is 1. The third kappa shape index (κ3) is 5.36. The van der Waals surface area contributed by atoms with Crippen molar-refractivity contribution in [2.45, 2.75) is 18.6 Å². The minimum Gasteiger partial charge on any atom is -0.325 e. The van der Waals surface area contributed by atoms with Crippen molar-refractivity contribution in [3.8, 4) is 0 Å². The van der Waals surface area contributed by atoms with Crippen LogP contribution in [0.25, 0.3) is 0 Å². The molecule has 0 fully saturated rings. The third-order valence-corrected chi connectivity index (χ3v) is 11.1. The first-order valence-electron chi connectivity index (χ1n) is 5.69. The number of benzene rings is 1. The molecule has 1 aromatic rings. The van der Waals surface area contributed by atoms with Gasteiger partial charge in [0.15, 0.2) is 0 Å². The normalized spacial score (nSPS) is 12.7. The summed E-state index contributed by atoms with van der Waals surface area (Å²) in [6.45, 7) is 4.28. The summed E-state index contributed by atoms with van der Waals surface area (Å²) in [4.78, 5) is 0. The lowest BCUT2D eigenvalue weighted by atomic mass is 10.0. The Balaban J connectivity index is 2.70. The molecule has 20 heavy (non-hydrogen) atoms. The van der Waals surface area contributed by atoms with Crippen LogP contribution >= 0.6 is 52.0 Å². The van der Waals surface area contributed by atoms with Gasteiger partial charge in [0.2, 0.25) is 5.69 Å². The molecule has 114 valence electrons. The van der Waals surface area contributed by atoms with Gasteiger partial charge in [0.05, 0.1) is 10.0 Å². The summed E-state index contributed by atoms with van der Waals surface area (Å²) in [5.41, 5.74) is -1.07. The van der Waals surface area contributed by atoms with Crippen LogP contribution in [0, 0.1) is 0 Å². The van der Waals surface area contributed by atoms with E-state index in [9.17, 15) is 0 Å². The molecular formula is C12H17Cl2O2PS3. The fourth-order valence-electron chi connectivity index (χ4n) is 1.37. The molecular weight excluding hydrogens is 374 g/mol. The fraction of sp³-hybridized carbons (Fsp3) is 0.500. The Morgan fingerprint density at radius 1 is 1.20 bits per heavy atom. The van der Waals surface area contributed by atoms with Crippen LogP contribution in [0.3, 0.4) is 0 Å². The van der Waals surface area contributed by atoms with Gasteiger partial charge in [-0.05, 0) is 43.4 Å². The lowest BCUT2D eigenvalue weighted by molar-refractivity contribution is 0.354. The van der Waals surface area contributed by atoms with E-state index in [2.05, 4.69) is 13.8 Å². The highest BCUT2D eigenvalue weighted by Gasteiger charge is 2.24. The summed E-state index contributed by atoms with van der Waals surface area (Å²) in [5, 5.41) is 1.93. The zero-order valence-corrected chi connectivity index (χ0v) is 16.5. The lowest BCUT2D eigenvalue weighted by Crippen LogP contribution is -2.12. The summed E-state index contributed by atoms with van der Waals surface area (Å²) >= 11 is 20.7. The van der Waals surface area contributed by atoms with Crippen molar-refractivity contribution in [1.29, 1.82) is 0 Å². The number of hydrogen-bond acceptors (Lipinski definition) is 5. The molecule has 0 heterocycles. The second-order valence-corrected chi connectivity index (χ2v) is 13.6. The fourth-order valence-corrected chi connectivity index (χ4v) is 7.66. The van der Waals surface area contributed by atoms with Gasteiger partial charge in [-0.15, -0.1) is 11.8 Å². The van der Waals surface area contributed by atoms with Gasteiger partial charge in [0.25, 0.3) is 0 Å². The first-order valence-corrected chi connectivity index (χ1v) is 11.7. The first-order chi connectivity index (χ1) is 9.24. The van der Waals surface area contributed by atoms with Gasteiger partial charge in [-0.25, -0.2) is 0 Å². The number of rotatable bonds is 7. The van der Waals surface area contributed by atoms with E-state index >= 15 is 0 Å². The van der Waals surface area contributed by atoms with Gasteiger partial charge < -0.3 is 9.05 Å². The zero-order valence-electron chi connectivity index (χ0n) is 11.7. The van der Waals surface area contributed by atoms with Gasteiger partial charge in [0, 0.05) is 24.1 Å². The van der Waals surface area contributed by atoms with E-state index in [4.69, 9.17) is 44.1 Å². The topological polar surface area (TPSA) is 18.5 Å². The molecule has 1 rings (SSSR count). The highest BCUT2D eigenvalue weighted by molar-refractivity contribution is 8.69. The molecule has 0 amide bonds. The van der Waals surface area contributed by atoms with E-state index in [1.54, 1.807) is 26.0 Å². The van der Waals surface area contributed by atoms with Gasteiger partial charge in [0.1, 0.15) is 0 Å². The summed E-state index contributed by atoms with van der Waals surface area (Å²) in [5.74, 6) is 0. The minimum absolute atomic E-state index is 0.0944. The highest BCUT2D eigenvalue weighted by atomic mass is 35.5. The third-order valence-electron chi connectivity index (χ3n) is 2.69. The van der Waals surface area contributed by atoms with E-state index in [0.29, 0.717) is 10.0 Å². The Morgan fingerprint density at radius 3 is 2.30 bits per heavy atom. The average Bonchev–Trinajstić information content (AvgIpc) is 2.41. The van der Waals surface area contributed by atoms with Crippen LogP contribution in [0.4, 0.5) is 0 Å². The maximum atomic E-state index is 6.07. The second kappa shape index (κ2) is 8.07. The molecule has 0 aliphatic rings. The van der Waals surface area contributed by atoms with Crippen LogP contribution in [0.15, 0.2) is 18.2 Å². The SMILES string of the molecule is COP(=S)(OC)SCSC(C)(C)c1ccc(Cl)c(Cl)c1. The molecule has 0 atom stereocenters. The summed E-state index contributed by atoms with van der Waals surface area (Å²) in [6.07, 6.45) is 0. The van der Waals surface area contributed by atoms with Crippen molar-refractivity contribution in [3.05, 3.63) is 33.8 Å². The van der Waals surface area contributed by atoms with Crippen LogP contribution < -0.4 is 0 Å². The Bertz CT molecular complexity index is 503. The van der Waals surface area contributed by atoms with E-state index in [1.165, 1.54) is 11.4 Å². The Morgan fingerprint density at radius 2 is 1.80 bits per heavy atom. The largest absolute Gasteiger partial charge is 0.325 e. The smallest absolute Gasteiger partial charge is 0.247 e. The molecule has 0 spiro atoms.